The van der Waals surface area contributed by atoms with E-state index in [2.05, 4.69) is 5.32 Å². The number of aliphatic hydroxyl groups is 1. The van der Waals surface area contributed by atoms with Crippen molar-refractivity contribution in [1.29, 1.82) is 0 Å². The fourth-order valence-electron chi connectivity index (χ4n) is 2.15. The van der Waals surface area contributed by atoms with Crippen molar-refractivity contribution in [3.8, 4) is 0 Å². The number of amides is 1. The summed E-state index contributed by atoms with van der Waals surface area (Å²) in [6.07, 6.45) is -3.04. The van der Waals surface area contributed by atoms with Crippen LogP contribution < -0.4 is 5.32 Å². The third kappa shape index (κ3) is 3.18. The zero-order valence-electron chi connectivity index (χ0n) is 9.85. The number of carboxylic acid groups (broad SMARTS) is 1. The number of rotatable bonds is 2. The van der Waals surface area contributed by atoms with E-state index in [4.69, 9.17) is 9.84 Å². The molecular formula is C12H13F2NO4. The molecule has 5 nitrogen and oxygen atoms in total. The molecule has 19 heavy (non-hydrogen) atoms. The maximum absolute atomic E-state index is 13.7. The van der Waals surface area contributed by atoms with Crippen molar-refractivity contribution in [2.75, 3.05) is 6.61 Å². The van der Waals surface area contributed by atoms with Crippen LogP contribution in [0.15, 0.2) is 18.2 Å². The van der Waals surface area contributed by atoms with Gasteiger partial charge in [0.05, 0.1) is 18.8 Å². The minimum Gasteiger partial charge on any atom is -0.465 e. The van der Waals surface area contributed by atoms with Crippen molar-refractivity contribution in [2.45, 2.75) is 24.7 Å². The van der Waals surface area contributed by atoms with Crippen LogP contribution >= 0.6 is 0 Å². The van der Waals surface area contributed by atoms with Crippen LogP contribution in [0.5, 0.6) is 0 Å². The molecule has 0 aromatic heterocycles. The second kappa shape index (κ2) is 5.50. The smallest absolute Gasteiger partial charge is 0.404 e. The SMILES string of the molecule is O=C(O)N[C@H]1CC(O)CO[C@@H]1c1cc(F)ccc1F. The Kier molecular flexibility index (Phi) is 3.96. The third-order valence-electron chi connectivity index (χ3n) is 2.93. The van der Waals surface area contributed by atoms with E-state index in [9.17, 15) is 18.7 Å². The summed E-state index contributed by atoms with van der Waals surface area (Å²) in [5, 5.41) is 20.3. The van der Waals surface area contributed by atoms with Gasteiger partial charge in [-0.25, -0.2) is 13.6 Å². The first kappa shape index (κ1) is 13.7. The first-order chi connectivity index (χ1) is 8.97. The number of halogens is 2. The first-order valence-electron chi connectivity index (χ1n) is 5.71. The normalized spacial score (nSPS) is 27.0. The Morgan fingerprint density at radius 3 is 2.84 bits per heavy atom. The molecule has 1 unspecified atom stereocenters. The lowest BCUT2D eigenvalue weighted by molar-refractivity contribution is -0.0759. The van der Waals surface area contributed by atoms with E-state index in [1.165, 1.54) is 0 Å². The molecule has 0 aliphatic carbocycles. The molecule has 2 rings (SSSR count). The van der Waals surface area contributed by atoms with Gasteiger partial charge in [0, 0.05) is 5.56 Å². The van der Waals surface area contributed by atoms with Crippen LogP contribution in [-0.4, -0.2) is 35.1 Å². The summed E-state index contributed by atoms with van der Waals surface area (Å²) in [5.41, 5.74) is -0.0642. The number of aliphatic hydroxyl groups excluding tert-OH is 1. The number of hydrogen-bond donors (Lipinski definition) is 3. The maximum Gasteiger partial charge on any atom is 0.404 e. The molecule has 0 spiro atoms. The molecule has 1 aliphatic rings. The summed E-state index contributed by atoms with van der Waals surface area (Å²) in [6, 6.07) is 2.05. The van der Waals surface area contributed by atoms with E-state index >= 15 is 0 Å². The zero-order chi connectivity index (χ0) is 14.0. The van der Waals surface area contributed by atoms with Crippen molar-refractivity contribution in [1.82, 2.24) is 5.32 Å². The summed E-state index contributed by atoms with van der Waals surface area (Å²) >= 11 is 0. The third-order valence-corrected chi connectivity index (χ3v) is 2.93. The Bertz CT molecular complexity index is 483. The van der Waals surface area contributed by atoms with Crippen LogP contribution in [0.3, 0.4) is 0 Å². The molecule has 1 fully saturated rings. The summed E-state index contributed by atoms with van der Waals surface area (Å²) in [4.78, 5) is 10.7. The molecule has 3 N–H and O–H groups in total. The summed E-state index contributed by atoms with van der Waals surface area (Å²) < 4.78 is 32.1. The first-order valence-corrected chi connectivity index (χ1v) is 5.71. The van der Waals surface area contributed by atoms with Crippen molar-refractivity contribution < 1.29 is 28.5 Å². The van der Waals surface area contributed by atoms with Crippen LogP contribution in [0.1, 0.15) is 18.1 Å². The predicted octanol–water partition coefficient (Wildman–Crippen LogP) is 1.42. The maximum atomic E-state index is 13.7. The summed E-state index contributed by atoms with van der Waals surface area (Å²) in [6.45, 7) is -0.0571. The second-order valence-corrected chi connectivity index (χ2v) is 4.37. The van der Waals surface area contributed by atoms with Gasteiger partial charge < -0.3 is 20.3 Å². The van der Waals surface area contributed by atoms with E-state index in [-0.39, 0.29) is 18.6 Å². The molecule has 0 bridgehead atoms. The number of nitrogens with one attached hydrogen (secondary N) is 1. The Morgan fingerprint density at radius 1 is 1.42 bits per heavy atom. The zero-order valence-corrected chi connectivity index (χ0v) is 9.85. The van der Waals surface area contributed by atoms with Crippen molar-refractivity contribution in [2.24, 2.45) is 0 Å². The second-order valence-electron chi connectivity index (χ2n) is 4.37. The van der Waals surface area contributed by atoms with E-state index in [1.54, 1.807) is 0 Å². The molecule has 0 radical (unpaired) electrons. The van der Waals surface area contributed by atoms with Crippen LogP contribution in [0.25, 0.3) is 0 Å². The molecule has 1 heterocycles. The quantitative estimate of drug-likeness (QED) is 0.761. The molecule has 3 atom stereocenters. The molecule has 1 aromatic carbocycles. The van der Waals surface area contributed by atoms with Gasteiger partial charge in [-0.1, -0.05) is 0 Å². The lowest BCUT2D eigenvalue weighted by atomic mass is 9.94. The number of carbonyl (C=O) groups is 1. The van der Waals surface area contributed by atoms with Crippen molar-refractivity contribution in [3.63, 3.8) is 0 Å². The Morgan fingerprint density at radius 2 is 2.16 bits per heavy atom. The largest absolute Gasteiger partial charge is 0.465 e. The highest BCUT2D eigenvalue weighted by Gasteiger charge is 2.34. The molecule has 7 heteroatoms. The molecular weight excluding hydrogens is 260 g/mol. The number of benzene rings is 1. The van der Waals surface area contributed by atoms with Crippen LogP contribution in [-0.2, 0) is 4.74 Å². The molecule has 1 aromatic rings. The standard InChI is InChI=1S/C12H13F2NO4/c13-6-1-2-9(14)8(3-6)11-10(15-12(17)18)4-7(16)5-19-11/h1-3,7,10-11,15-16H,4-5H2,(H,17,18)/t7?,10-,11+/m0/s1. The molecule has 1 amide bonds. The van der Waals surface area contributed by atoms with Crippen molar-refractivity contribution >= 4 is 6.09 Å². The monoisotopic (exact) mass is 273 g/mol. The van der Waals surface area contributed by atoms with Crippen LogP contribution in [0.2, 0.25) is 0 Å². The van der Waals surface area contributed by atoms with Crippen molar-refractivity contribution in [3.05, 3.63) is 35.4 Å². The fourth-order valence-corrected chi connectivity index (χ4v) is 2.15. The number of hydrogen-bond acceptors (Lipinski definition) is 3. The van der Waals surface area contributed by atoms with Gasteiger partial charge in [-0.3, -0.25) is 0 Å². The fraction of sp³-hybridized carbons (Fsp3) is 0.417. The topological polar surface area (TPSA) is 78.8 Å². The Labute approximate surface area is 107 Å². The van der Waals surface area contributed by atoms with Crippen LogP contribution in [0.4, 0.5) is 13.6 Å². The van der Waals surface area contributed by atoms with Gasteiger partial charge in [0.1, 0.15) is 17.7 Å². The summed E-state index contributed by atoms with van der Waals surface area (Å²) in [5.74, 6) is -1.32. The van der Waals surface area contributed by atoms with Gasteiger partial charge >= 0.3 is 6.09 Å². The van der Waals surface area contributed by atoms with Crippen LogP contribution in [0, 0.1) is 11.6 Å². The highest BCUT2D eigenvalue weighted by molar-refractivity contribution is 5.65. The highest BCUT2D eigenvalue weighted by atomic mass is 19.1. The molecule has 104 valence electrons. The highest BCUT2D eigenvalue weighted by Crippen LogP contribution is 2.30. The van der Waals surface area contributed by atoms with E-state index in [1.807, 2.05) is 0 Å². The minimum absolute atomic E-state index is 0.0571. The molecule has 1 saturated heterocycles. The molecule has 1 aliphatic heterocycles. The van der Waals surface area contributed by atoms with Gasteiger partial charge in [0.15, 0.2) is 0 Å². The van der Waals surface area contributed by atoms with E-state index in [0.29, 0.717) is 0 Å². The van der Waals surface area contributed by atoms with E-state index < -0.39 is 36.0 Å². The van der Waals surface area contributed by atoms with Gasteiger partial charge in [0.2, 0.25) is 0 Å². The summed E-state index contributed by atoms with van der Waals surface area (Å²) in [7, 11) is 0. The van der Waals surface area contributed by atoms with Gasteiger partial charge in [0.25, 0.3) is 0 Å². The average molecular weight is 273 g/mol. The number of ether oxygens (including phenoxy) is 1. The Hall–Kier alpha value is -1.73. The minimum atomic E-state index is -1.32. The van der Waals surface area contributed by atoms with Gasteiger partial charge in [-0.15, -0.1) is 0 Å². The molecule has 0 saturated carbocycles. The van der Waals surface area contributed by atoms with Gasteiger partial charge in [-0.05, 0) is 24.6 Å². The van der Waals surface area contributed by atoms with E-state index in [0.717, 1.165) is 18.2 Å². The predicted molar refractivity (Wildman–Crippen MR) is 60.6 cm³/mol. The van der Waals surface area contributed by atoms with Gasteiger partial charge in [-0.2, -0.15) is 0 Å². The average Bonchev–Trinajstić information content (AvgIpc) is 2.32. The Balaban J connectivity index is 2.28. The lowest BCUT2D eigenvalue weighted by Gasteiger charge is -2.34. The lowest BCUT2D eigenvalue weighted by Crippen LogP contribution is -2.46.